The molecule has 16 rings (SSSR count). The van der Waals surface area contributed by atoms with E-state index < -0.39 is 0 Å². The van der Waals surface area contributed by atoms with E-state index >= 15 is 0 Å². The third kappa shape index (κ3) is 6.83. The molecule has 16 aromatic rings. The molecule has 0 amide bonds. The van der Waals surface area contributed by atoms with E-state index in [0.717, 1.165) is 11.4 Å². The van der Waals surface area contributed by atoms with Crippen molar-refractivity contribution in [1.82, 2.24) is 9.13 Å². The summed E-state index contributed by atoms with van der Waals surface area (Å²) in [4.78, 5) is 0. The summed E-state index contributed by atoms with van der Waals surface area (Å²) in [6.45, 7) is 0. The molecule has 0 spiro atoms. The molecule has 2 nitrogen and oxygen atoms in total. The number of hydrogen-bond donors (Lipinski definition) is 0. The predicted octanol–water partition coefficient (Wildman–Crippen LogP) is 20.8. The van der Waals surface area contributed by atoms with Crippen LogP contribution in [0.2, 0.25) is 0 Å². The van der Waals surface area contributed by atoms with Gasteiger partial charge in [0.05, 0.1) is 22.1 Å². The second-order valence-electron chi connectivity index (χ2n) is 20.7. The molecule has 2 aromatic heterocycles. The highest BCUT2D eigenvalue weighted by Gasteiger charge is 2.22. The minimum Gasteiger partial charge on any atom is -0.309 e. The van der Waals surface area contributed by atoms with Gasteiger partial charge in [-0.1, -0.05) is 224 Å². The van der Waals surface area contributed by atoms with Crippen LogP contribution in [-0.2, 0) is 0 Å². The molecule has 0 fully saturated rings. The van der Waals surface area contributed by atoms with Crippen molar-refractivity contribution < 1.29 is 0 Å². The number of fused-ring (bicyclic) bond motifs is 10. The maximum atomic E-state index is 2.44. The molecule has 362 valence electrons. The lowest BCUT2D eigenvalue weighted by Crippen LogP contribution is -1.94. The normalized spacial score (nSPS) is 11.8. The van der Waals surface area contributed by atoms with E-state index in [-0.39, 0.29) is 0 Å². The van der Waals surface area contributed by atoms with Gasteiger partial charge >= 0.3 is 0 Å². The quantitative estimate of drug-likeness (QED) is 0.141. The fourth-order valence-corrected chi connectivity index (χ4v) is 13.0. The first-order valence-electron chi connectivity index (χ1n) is 27.0. The molecule has 0 bridgehead atoms. The summed E-state index contributed by atoms with van der Waals surface area (Å²) in [5, 5.41) is 14.9. The molecule has 0 saturated heterocycles. The van der Waals surface area contributed by atoms with Crippen molar-refractivity contribution in [3.8, 4) is 67.0 Å². The van der Waals surface area contributed by atoms with Gasteiger partial charge in [-0.3, -0.25) is 0 Å². The first kappa shape index (κ1) is 44.1. The van der Waals surface area contributed by atoms with Crippen LogP contribution in [0.15, 0.2) is 291 Å². The lowest BCUT2D eigenvalue weighted by Gasteiger charge is -2.20. The average molecular weight is 989 g/mol. The molecule has 0 aliphatic rings. The zero-order chi connectivity index (χ0) is 51.3. The van der Waals surface area contributed by atoms with Gasteiger partial charge in [-0.15, -0.1) is 0 Å². The van der Waals surface area contributed by atoms with Crippen LogP contribution < -0.4 is 0 Å². The highest BCUT2D eigenvalue weighted by molar-refractivity contribution is 6.26. The molecule has 0 N–H and O–H groups in total. The minimum absolute atomic E-state index is 1.14. The second-order valence-corrected chi connectivity index (χ2v) is 20.7. The van der Waals surface area contributed by atoms with E-state index in [1.165, 1.54) is 142 Å². The van der Waals surface area contributed by atoms with E-state index in [0.29, 0.717) is 0 Å². The van der Waals surface area contributed by atoms with Gasteiger partial charge in [0.25, 0.3) is 0 Å². The standard InChI is InChI=1S/C76H48N2/c1-3-18-49(19-4-1)50-36-41-56(42-37-50)78-71-35-14-13-25-61(71)68-46-52(38-43-72(68)78)53-39-44-73-69(47-53)70-48-54(40-45-74(70)77(73)55-22-5-2-6-23-55)58-30-16-32-60-59(58)31-17-34-63(60)76-66-28-11-9-26-64(66)75(65-27-10-12-29-67(65)76)62-33-15-21-51-20-7-8-24-57(51)62/h1-48H. The summed E-state index contributed by atoms with van der Waals surface area (Å²) < 4.78 is 4.84. The Morgan fingerprint density at radius 2 is 0.538 bits per heavy atom. The Hall–Kier alpha value is -10.3. The predicted molar refractivity (Wildman–Crippen MR) is 332 cm³/mol. The Morgan fingerprint density at radius 3 is 1.14 bits per heavy atom. The fraction of sp³-hybridized carbons (Fsp3) is 0. The third-order valence-electron chi connectivity index (χ3n) is 16.5. The Morgan fingerprint density at radius 1 is 0.179 bits per heavy atom. The number of hydrogen-bond acceptors (Lipinski definition) is 0. The van der Waals surface area contributed by atoms with Gasteiger partial charge in [0.1, 0.15) is 0 Å². The van der Waals surface area contributed by atoms with Crippen molar-refractivity contribution in [2.24, 2.45) is 0 Å². The number of aromatic nitrogens is 2. The van der Waals surface area contributed by atoms with Crippen LogP contribution in [0.3, 0.4) is 0 Å². The first-order chi connectivity index (χ1) is 38.7. The third-order valence-corrected chi connectivity index (χ3v) is 16.5. The molecule has 78 heavy (non-hydrogen) atoms. The van der Waals surface area contributed by atoms with E-state index in [9.17, 15) is 0 Å². The summed E-state index contributed by atoms with van der Waals surface area (Å²) in [6, 6.07) is 108. The summed E-state index contributed by atoms with van der Waals surface area (Å²) in [5.41, 5.74) is 19.3. The Kier molecular flexibility index (Phi) is 9.98. The Bertz CT molecular complexity index is 5000. The highest BCUT2D eigenvalue weighted by Crippen LogP contribution is 2.48. The van der Waals surface area contributed by atoms with Crippen molar-refractivity contribution in [2.75, 3.05) is 0 Å². The minimum atomic E-state index is 1.14. The molecule has 0 aliphatic carbocycles. The molecule has 0 aliphatic heterocycles. The molecule has 0 radical (unpaired) electrons. The second kappa shape index (κ2) is 17.7. The number of benzene rings is 14. The number of para-hydroxylation sites is 2. The maximum Gasteiger partial charge on any atom is 0.0541 e. The number of rotatable bonds is 7. The van der Waals surface area contributed by atoms with Crippen molar-refractivity contribution in [3.63, 3.8) is 0 Å². The van der Waals surface area contributed by atoms with Crippen LogP contribution >= 0.6 is 0 Å². The molecular formula is C76H48N2. The largest absolute Gasteiger partial charge is 0.309 e. The zero-order valence-electron chi connectivity index (χ0n) is 42.6. The fourth-order valence-electron chi connectivity index (χ4n) is 13.0. The van der Waals surface area contributed by atoms with E-state index in [1.807, 2.05) is 0 Å². The van der Waals surface area contributed by atoms with Crippen LogP contribution in [0.5, 0.6) is 0 Å². The smallest absolute Gasteiger partial charge is 0.0541 e. The van der Waals surface area contributed by atoms with Gasteiger partial charge in [0.2, 0.25) is 0 Å². The molecule has 14 aromatic carbocycles. The summed E-state index contributed by atoms with van der Waals surface area (Å²) in [6.07, 6.45) is 0. The van der Waals surface area contributed by atoms with E-state index in [4.69, 9.17) is 0 Å². The van der Waals surface area contributed by atoms with Gasteiger partial charge in [-0.2, -0.15) is 0 Å². The van der Waals surface area contributed by atoms with Crippen molar-refractivity contribution in [3.05, 3.63) is 291 Å². The lowest BCUT2D eigenvalue weighted by molar-refractivity contribution is 1.18. The topological polar surface area (TPSA) is 9.86 Å². The molecule has 0 saturated carbocycles. The van der Waals surface area contributed by atoms with Crippen molar-refractivity contribution in [1.29, 1.82) is 0 Å². The van der Waals surface area contributed by atoms with Crippen LogP contribution in [0.4, 0.5) is 0 Å². The first-order valence-corrected chi connectivity index (χ1v) is 27.0. The van der Waals surface area contributed by atoms with Crippen LogP contribution in [0.1, 0.15) is 0 Å². The molecule has 2 heteroatoms. The van der Waals surface area contributed by atoms with Gasteiger partial charge in [0.15, 0.2) is 0 Å². The van der Waals surface area contributed by atoms with Crippen LogP contribution in [-0.4, -0.2) is 9.13 Å². The number of nitrogens with zero attached hydrogens (tertiary/aromatic N) is 2. The van der Waals surface area contributed by atoms with Crippen molar-refractivity contribution >= 4 is 86.7 Å². The molecular weight excluding hydrogens is 941 g/mol. The van der Waals surface area contributed by atoms with Crippen LogP contribution in [0, 0.1) is 0 Å². The highest BCUT2D eigenvalue weighted by atomic mass is 15.0. The summed E-state index contributed by atoms with van der Waals surface area (Å²) in [7, 11) is 0. The summed E-state index contributed by atoms with van der Waals surface area (Å²) >= 11 is 0. The van der Waals surface area contributed by atoms with E-state index in [2.05, 4.69) is 300 Å². The lowest BCUT2D eigenvalue weighted by atomic mass is 9.83. The monoisotopic (exact) mass is 988 g/mol. The van der Waals surface area contributed by atoms with Crippen molar-refractivity contribution in [2.45, 2.75) is 0 Å². The SMILES string of the molecule is c1ccc(-c2ccc(-n3c4ccccc4c4cc(-c5ccc6c(c5)c5cc(-c7cccc8c(-c9c%10ccccc%10c(-c%10cccc%11ccccc%10%11)c%10ccccc9%10)cccc78)ccc5n6-c5ccccc5)ccc43)cc2)cc1. The average Bonchev–Trinajstić information content (AvgIpc) is 4.08. The molecule has 2 heterocycles. The van der Waals surface area contributed by atoms with Crippen LogP contribution in [0.25, 0.3) is 154 Å². The maximum absolute atomic E-state index is 2.44. The van der Waals surface area contributed by atoms with Gasteiger partial charge in [0, 0.05) is 32.9 Å². The zero-order valence-corrected chi connectivity index (χ0v) is 42.6. The Balaban J connectivity index is 0.855. The van der Waals surface area contributed by atoms with Gasteiger partial charge in [-0.25, -0.2) is 0 Å². The Labute approximate surface area is 451 Å². The summed E-state index contributed by atoms with van der Waals surface area (Å²) in [5.74, 6) is 0. The van der Waals surface area contributed by atoms with Gasteiger partial charge < -0.3 is 9.13 Å². The molecule has 0 unspecified atom stereocenters. The van der Waals surface area contributed by atoms with Gasteiger partial charge in [-0.05, 0) is 165 Å². The molecule has 0 atom stereocenters. The van der Waals surface area contributed by atoms with E-state index in [1.54, 1.807) is 0 Å².